The van der Waals surface area contributed by atoms with Crippen LogP contribution in [0, 0.1) is 11.8 Å². The van der Waals surface area contributed by atoms with E-state index in [-0.39, 0.29) is 29.6 Å². The first-order valence-electron chi connectivity index (χ1n) is 8.73. The molecule has 1 aromatic heterocycles. The number of aromatic nitrogens is 1. The Morgan fingerprint density at radius 3 is 2.84 bits per heavy atom. The van der Waals surface area contributed by atoms with Crippen molar-refractivity contribution in [2.45, 2.75) is 25.8 Å². The van der Waals surface area contributed by atoms with Crippen LogP contribution < -0.4 is 5.32 Å². The number of piperidine rings is 1. The molecule has 2 N–H and O–H groups in total. The molecule has 1 fully saturated rings. The third-order valence-electron chi connectivity index (χ3n) is 5.68. The van der Waals surface area contributed by atoms with E-state index in [0.717, 1.165) is 22.0 Å². The van der Waals surface area contributed by atoms with Gasteiger partial charge in [0, 0.05) is 35.8 Å². The fourth-order valence-electron chi connectivity index (χ4n) is 4.43. The zero-order chi connectivity index (χ0) is 17.6. The average molecular weight is 338 g/mol. The Morgan fingerprint density at radius 2 is 2.08 bits per heavy atom. The molecule has 1 aliphatic carbocycles. The van der Waals surface area contributed by atoms with Crippen LogP contribution in [0.1, 0.15) is 29.4 Å². The summed E-state index contributed by atoms with van der Waals surface area (Å²) in [5.41, 5.74) is 3.78. The Kier molecular flexibility index (Phi) is 3.96. The normalized spacial score (nSPS) is 27.7. The fraction of sp³-hybridized carbons (Fsp3) is 0.400. The summed E-state index contributed by atoms with van der Waals surface area (Å²) in [6.45, 7) is 2.67. The van der Waals surface area contributed by atoms with E-state index in [9.17, 15) is 9.59 Å². The van der Waals surface area contributed by atoms with Crippen molar-refractivity contribution in [1.82, 2.24) is 10.3 Å². The zero-order valence-electron chi connectivity index (χ0n) is 14.5. The number of carbonyl (C=O) groups excluding carboxylic acids is 2. The van der Waals surface area contributed by atoms with Crippen LogP contribution in [0.5, 0.6) is 0 Å². The highest BCUT2D eigenvalue weighted by molar-refractivity contribution is 6.03. The lowest BCUT2D eigenvalue weighted by molar-refractivity contribution is -0.148. The number of allylic oxidation sites excluding steroid dienone is 1. The second kappa shape index (κ2) is 6.15. The van der Waals surface area contributed by atoms with Crippen molar-refractivity contribution in [3.05, 3.63) is 47.2 Å². The smallest absolute Gasteiger partial charge is 0.310 e. The van der Waals surface area contributed by atoms with Crippen LogP contribution in [-0.2, 0) is 16.0 Å². The highest BCUT2D eigenvalue weighted by Crippen LogP contribution is 2.38. The van der Waals surface area contributed by atoms with Crippen molar-refractivity contribution in [2.24, 2.45) is 11.8 Å². The van der Waals surface area contributed by atoms with Gasteiger partial charge in [-0.1, -0.05) is 29.8 Å². The van der Waals surface area contributed by atoms with Crippen molar-refractivity contribution in [2.75, 3.05) is 13.7 Å². The SMILES string of the molecule is CC=C1CN[C@H]2Cc3c([nH]c4ccccc34)C(=O)C[C@@H]1C2C(=O)OC. The van der Waals surface area contributed by atoms with Gasteiger partial charge >= 0.3 is 5.97 Å². The molecule has 5 heteroatoms. The molecule has 1 unspecified atom stereocenters. The monoisotopic (exact) mass is 338 g/mol. The largest absolute Gasteiger partial charge is 0.469 e. The lowest BCUT2D eigenvalue weighted by atomic mass is 9.71. The van der Waals surface area contributed by atoms with E-state index >= 15 is 0 Å². The predicted molar refractivity (Wildman–Crippen MR) is 95.5 cm³/mol. The molecule has 2 aromatic rings. The van der Waals surface area contributed by atoms with Gasteiger partial charge in [0.2, 0.25) is 0 Å². The molecule has 2 heterocycles. The number of H-pyrrole nitrogens is 1. The van der Waals surface area contributed by atoms with E-state index in [1.165, 1.54) is 7.11 Å². The van der Waals surface area contributed by atoms with Gasteiger partial charge in [0.05, 0.1) is 18.7 Å². The first-order chi connectivity index (χ1) is 12.1. The number of ketones is 1. The number of hydrogen-bond acceptors (Lipinski definition) is 4. The van der Waals surface area contributed by atoms with E-state index in [1.54, 1.807) is 0 Å². The molecule has 0 spiro atoms. The Labute approximate surface area is 146 Å². The Bertz CT molecular complexity index is 880. The predicted octanol–water partition coefficient (Wildman–Crippen LogP) is 2.62. The molecule has 25 heavy (non-hydrogen) atoms. The number of carbonyl (C=O) groups is 2. The number of methoxy groups -OCH3 is 1. The van der Waals surface area contributed by atoms with Crippen LogP contribution in [0.15, 0.2) is 35.9 Å². The first kappa shape index (κ1) is 16.1. The van der Waals surface area contributed by atoms with Crippen molar-refractivity contribution in [1.29, 1.82) is 0 Å². The minimum atomic E-state index is -0.337. The average Bonchev–Trinajstić information content (AvgIpc) is 2.99. The molecule has 130 valence electrons. The number of esters is 1. The summed E-state index contributed by atoms with van der Waals surface area (Å²) < 4.78 is 5.08. The van der Waals surface area contributed by atoms with Crippen LogP contribution in [0.4, 0.5) is 0 Å². The van der Waals surface area contributed by atoms with Crippen LogP contribution in [0.3, 0.4) is 0 Å². The quantitative estimate of drug-likeness (QED) is 0.619. The summed E-state index contributed by atoms with van der Waals surface area (Å²) in [6.07, 6.45) is 2.99. The lowest BCUT2D eigenvalue weighted by Crippen LogP contribution is -2.53. The Balaban J connectivity index is 1.87. The summed E-state index contributed by atoms with van der Waals surface area (Å²) in [5, 5.41) is 4.56. The zero-order valence-corrected chi connectivity index (χ0v) is 14.5. The molecule has 0 saturated carbocycles. The van der Waals surface area contributed by atoms with Gasteiger partial charge < -0.3 is 15.0 Å². The van der Waals surface area contributed by atoms with Gasteiger partial charge in [0.15, 0.2) is 5.78 Å². The van der Waals surface area contributed by atoms with Gasteiger partial charge in [0.25, 0.3) is 0 Å². The van der Waals surface area contributed by atoms with Gasteiger partial charge in [-0.25, -0.2) is 0 Å². The molecular weight excluding hydrogens is 316 g/mol. The van der Waals surface area contributed by atoms with Gasteiger partial charge in [-0.2, -0.15) is 0 Å². The van der Waals surface area contributed by atoms with Gasteiger partial charge in [0.1, 0.15) is 0 Å². The molecular formula is C20H22N2O3. The standard InChI is InChI=1S/C20H22N2O3/c1-3-11-10-21-16-8-14-12-6-4-5-7-15(12)22-19(14)17(23)9-13(11)18(16)20(24)25-2/h3-7,13,16,18,21-22H,8-10H2,1-2H3/t13-,16-,18?/m0/s1. The second-order valence-corrected chi connectivity index (χ2v) is 6.86. The Morgan fingerprint density at radius 1 is 1.28 bits per heavy atom. The second-order valence-electron chi connectivity index (χ2n) is 6.86. The van der Waals surface area contributed by atoms with Gasteiger partial charge in [-0.15, -0.1) is 0 Å². The molecule has 1 saturated heterocycles. The third kappa shape index (κ3) is 2.50. The van der Waals surface area contributed by atoms with E-state index in [2.05, 4.69) is 10.3 Å². The molecule has 4 rings (SSSR count). The molecule has 5 nitrogen and oxygen atoms in total. The maximum absolute atomic E-state index is 13.0. The number of benzene rings is 1. The van der Waals surface area contributed by atoms with Gasteiger partial charge in [-0.05, 0) is 25.0 Å². The number of para-hydroxylation sites is 1. The number of rotatable bonds is 1. The Hall–Kier alpha value is -2.40. The van der Waals surface area contributed by atoms with Crippen LogP contribution >= 0.6 is 0 Å². The highest BCUT2D eigenvalue weighted by atomic mass is 16.5. The van der Waals surface area contributed by atoms with E-state index in [1.807, 2.05) is 37.3 Å². The van der Waals surface area contributed by atoms with Crippen molar-refractivity contribution >= 4 is 22.7 Å². The maximum Gasteiger partial charge on any atom is 0.310 e. The molecule has 0 amide bonds. The molecule has 2 aliphatic rings. The van der Waals surface area contributed by atoms with Crippen LogP contribution in [0.2, 0.25) is 0 Å². The highest BCUT2D eigenvalue weighted by Gasteiger charge is 2.44. The number of ether oxygens (including phenoxy) is 1. The van der Waals surface area contributed by atoms with Crippen molar-refractivity contribution in [3.8, 4) is 0 Å². The van der Waals surface area contributed by atoms with Gasteiger partial charge in [-0.3, -0.25) is 9.59 Å². The van der Waals surface area contributed by atoms with Crippen molar-refractivity contribution in [3.63, 3.8) is 0 Å². The summed E-state index contributed by atoms with van der Waals surface area (Å²) >= 11 is 0. The fourth-order valence-corrected chi connectivity index (χ4v) is 4.43. The summed E-state index contributed by atoms with van der Waals surface area (Å²) in [6, 6.07) is 7.92. The maximum atomic E-state index is 13.0. The number of nitrogens with one attached hydrogen (secondary N) is 2. The number of hydrogen-bond donors (Lipinski definition) is 2. The summed E-state index contributed by atoms with van der Waals surface area (Å²) in [7, 11) is 1.42. The number of Topliss-reactive ketones (excluding diaryl/α,β-unsaturated/α-hetero) is 1. The van der Waals surface area contributed by atoms with E-state index in [0.29, 0.717) is 25.1 Å². The number of aromatic amines is 1. The molecule has 1 aromatic carbocycles. The lowest BCUT2D eigenvalue weighted by Gasteiger charge is -2.40. The summed E-state index contributed by atoms with van der Waals surface area (Å²) in [4.78, 5) is 28.8. The first-order valence-corrected chi connectivity index (χ1v) is 8.73. The van der Waals surface area contributed by atoms with Crippen LogP contribution in [-0.4, -0.2) is 36.4 Å². The summed E-state index contributed by atoms with van der Waals surface area (Å²) in [5.74, 6) is -0.603. The minimum absolute atomic E-state index is 0.0350. The number of fused-ring (bicyclic) bond motifs is 5. The molecule has 2 bridgehead atoms. The minimum Gasteiger partial charge on any atom is -0.469 e. The molecule has 1 aliphatic heterocycles. The topological polar surface area (TPSA) is 71.2 Å². The third-order valence-corrected chi connectivity index (χ3v) is 5.68. The van der Waals surface area contributed by atoms with E-state index in [4.69, 9.17) is 4.74 Å². The molecule has 0 radical (unpaired) electrons. The van der Waals surface area contributed by atoms with Crippen LogP contribution in [0.25, 0.3) is 10.9 Å². The van der Waals surface area contributed by atoms with E-state index < -0.39 is 0 Å². The van der Waals surface area contributed by atoms with Crippen molar-refractivity contribution < 1.29 is 14.3 Å². The molecule has 3 atom stereocenters.